The molecule has 3 rings (SSSR count). The molecular weight excluding hydrogens is 374 g/mol. The Labute approximate surface area is 168 Å². The van der Waals surface area contributed by atoms with Gasteiger partial charge in [0.05, 0.1) is 10.5 Å². The number of esters is 1. The van der Waals surface area contributed by atoms with Crippen LogP contribution in [0.3, 0.4) is 0 Å². The Morgan fingerprint density at radius 3 is 2.52 bits per heavy atom. The Morgan fingerprint density at radius 1 is 1.17 bits per heavy atom. The zero-order valence-corrected chi connectivity index (χ0v) is 16.2. The highest BCUT2D eigenvalue weighted by Gasteiger charge is 2.25. The van der Waals surface area contributed by atoms with E-state index in [2.05, 4.69) is 5.32 Å². The third-order valence-corrected chi connectivity index (χ3v) is 4.82. The molecule has 29 heavy (non-hydrogen) atoms. The first-order chi connectivity index (χ1) is 14.0. The molecule has 0 bridgehead atoms. The van der Waals surface area contributed by atoms with Crippen molar-refractivity contribution in [2.45, 2.75) is 32.4 Å². The second kappa shape index (κ2) is 9.18. The number of carbonyl (C=O) groups excluding carboxylic acids is 2. The van der Waals surface area contributed by atoms with Crippen molar-refractivity contribution in [3.63, 3.8) is 0 Å². The monoisotopic (exact) mass is 397 g/mol. The number of rotatable bonds is 7. The van der Waals surface area contributed by atoms with Gasteiger partial charge in [-0.2, -0.15) is 0 Å². The number of ether oxygens (including phenoxy) is 1. The van der Waals surface area contributed by atoms with Crippen molar-refractivity contribution in [2.75, 3.05) is 18.0 Å². The van der Waals surface area contributed by atoms with Crippen molar-refractivity contribution in [3.05, 3.63) is 69.8 Å². The molecule has 8 nitrogen and oxygen atoms in total. The predicted molar refractivity (Wildman–Crippen MR) is 108 cm³/mol. The standard InChI is InChI=1S/C21H23N3O5/c1-15(20(25)22-14-16-7-3-2-4-8-16)29-21(26)17-9-10-18(19(13-17)24(27)28)23-11-5-6-12-23/h2-4,7-10,13,15H,5-6,11-12,14H2,1H3,(H,22,25)/t15-/m1/s1. The van der Waals surface area contributed by atoms with Crippen LogP contribution >= 0.6 is 0 Å². The first-order valence-electron chi connectivity index (χ1n) is 9.51. The normalized spacial score (nSPS) is 14.3. The van der Waals surface area contributed by atoms with E-state index in [0.29, 0.717) is 12.2 Å². The number of nitro benzene ring substituents is 1. The molecule has 1 saturated heterocycles. The summed E-state index contributed by atoms with van der Waals surface area (Å²) in [6.45, 7) is 3.29. The number of hydrogen-bond donors (Lipinski definition) is 1. The number of nitro groups is 1. The number of amides is 1. The molecule has 0 radical (unpaired) electrons. The molecule has 8 heteroatoms. The molecule has 1 aliphatic heterocycles. The molecule has 1 aliphatic rings. The molecular formula is C21H23N3O5. The topological polar surface area (TPSA) is 102 Å². The van der Waals surface area contributed by atoms with E-state index >= 15 is 0 Å². The fourth-order valence-corrected chi connectivity index (χ4v) is 3.23. The third kappa shape index (κ3) is 5.10. The molecule has 0 unspecified atom stereocenters. The lowest BCUT2D eigenvalue weighted by Gasteiger charge is -2.18. The van der Waals surface area contributed by atoms with Crippen LogP contribution in [-0.2, 0) is 16.1 Å². The van der Waals surface area contributed by atoms with Gasteiger partial charge in [-0.25, -0.2) is 4.79 Å². The van der Waals surface area contributed by atoms with Gasteiger partial charge in [-0.15, -0.1) is 0 Å². The number of nitrogens with one attached hydrogen (secondary N) is 1. The Bertz CT molecular complexity index is 894. The molecule has 0 saturated carbocycles. The second-order valence-corrected chi connectivity index (χ2v) is 6.91. The summed E-state index contributed by atoms with van der Waals surface area (Å²) in [5, 5.41) is 14.2. The SMILES string of the molecule is C[C@@H](OC(=O)c1ccc(N2CCCC2)c([N+](=O)[O-])c1)C(=O)NCc1ccccc1. The number of hydrogen-bond acceptors (Lipinski definition) is 6. The van der Waals surface area contributed by atoms with Gasteiger partial charge in [0.15, 0.2) is 6.10 Å². The highest BCUT2D eigenvalue weighted by molar-refractivity contribution is 5.93. The maximum absolute atomic E-state index is 12.4. The summed E-state index contributed by atoms with van der Waals surface area (Å²) in [7, 11) is 0. The van der Waals surface area contributed by atoms with Crippen LogP contribution in [0.25, 0.3) is 0 Å². The van der Waals surface area contributed by atoms with Crippen LogP contribution in [0.1, 0.15) is 35.7 Å². The van der Waals surface area contributed by atoms with Crippen molar-refractivity contribution >= 4 is 23.3 Å². The summed E-state index contributed by atoms with van der Waals surface area (Å²) in [6, 6.07) is 13.6. The number of nitrogens with zero attached hydrogens (tertiary/aromatic N) is 2. The molecule has 1 amide bonds. The van der Waals surface area contributed by atoms with Gasteiger partial charge in [0, 0.05) is 25.7 Å². The lowest BCUT2D eigenvalue weighted by molar-refractivity contribution is -0.384. The van der Waals surface area contributed by atoms with E-state index in [1.807, 2.05) is 35.2 Å². The zero-order valence-electron chi connectivity index (χ0n) is 16.2. The molecule has 1 N–H and O–H groups in total. The van der Waals surface area contributed by atoms with Crippen LogP contribution in [-0.4, -0.2) is 36.0 Å². The molecule has 1 atom stereocenters. The smallest absolute Gasteiger partial charge is 0.339 e. The maximum atomic E-state index is 12.4. The van der Waals surface area contributed by atoms with Gasteiger partial charge in [-0.1, -0.05) is 30.3 Å². The summed E-state index contributed by atoms with van der Waals surface area (Å²) in [4.78, 5) is 37.5. The maximum Gasteiger partial charge on any atom is 0.339 e. The van der Waals surface area contributed by atoms with E-state index in [1.165, 1.54) is 19.1 Å². The average Bonchev–Trinajstić information content (AvgIpc) is 3.26. The summed E-state index contributed by atoms with van der Waals surface area (Å²) in [5.41, 5.74) is 1.33. The summed E-state index contributed by atoms with van der Waals surface area (Å²) >= 11 is 0. The van der Waals surface area contributed by atoms with Crippen LogP contribution in [0, 0.1) is 10.1 Å². The van der Waals surface area contributed by atoms with E-state index in [0.717, 1.165) is 31.5 Å². The van der Waals surface area contributed by atoms with Crippen LogP contribution in [0.15, 0.2) is 48.5 Å². The molecule has 1 heterocycles. The van der Waals surface area contributed by atoms with Gasteiger partial charge in [0.1, 0.15) is 5.69 Å². The van der Waals surface area contributed by atoms with Crippen molar-refractivity contribution < 1.29 is 19.2 Å². The molecule has 1 fully saturated rings. The van der Waals surface area contributed by atoms with Crippen molar-refractivity contribution in [1.82, 2.24) is 5.32 Å². The molecule has 0 aromatic heterocycles. The first-order valence-corrected chi connectivity index (χ1v) is 9.51. The predicted octanol–water partition coefficient (Wildman–Crippen LogP) is 3.06. The van der Waals surface area contributed by atoms with Gasteiger partial charge in [-0.05, 0) is 37.5 Å². The van der Waals surface area contributed by atoms with Gasteiger partial charge in [-0.3, -0.25) is 14.9 Å². The fourth-order valence-electron chi connectivity index (χ4n) is 3.23. The van der Waals surface area contributed by atoms with E-state index in [9.17, 15) is 19.7 Å². The van der Waals surface area contributed by atoms with Gasteiger partial charge < -0.3 is 15.0 Å². The Balaban J connectivity index is 1.64. The van der Waals surface area contributed by atoms with Crippen molar-refractivity contribution in [2.24, 2.45) is 0 Å². The van der Waals surface area contributed by atoms with Gasteiger partial charge >= 0.3 is 5.97 Å². The highest BCUT2D eigenvalue weighted by Crippen LogP contribution is 2.31. The molecule has 0 aliphatic carbocycles. The van der Waals surface area contributed by atoms with E-state index in [4.69, 9.17) is 4.74 Å². The third-order valence-electron chi connectivity index (χ3n) is 4.82. The zero-order chi connectivity index (χ0) is 20.8. The molecule has 2 aromatic carbocycles. The number of carbonyl (C=O) groups is 2. The van der Waals surface area contributed by atoms with Crippen molar-refractivity contribution in [1.29, 1.82) is 0 Å². The average molecular weight is 397 g/mol. The summed E-state index contributed by atoms with van der Waals surface area (Å²) in [5.74, 6) is -1.21. The Morgan fingerprint density at radius 2 is 1.86 bits per heavy atom. The second-order valence-electron chi connectivity index (χ2n) is 6.91. The number of benzene rings is 2. The van der Waals surface area contributed by atoms with Crippen molar-refractivity contribution in [3.8, 4) is 0 Å². The minimum Gasteiger partial charge on any atom is -0.449 e. The Hall–Kier alpha value is -3.42. The highest BCUT2D eigenvalue weighted by atomic mass is 16.6. The van der Waals surface area contributed by atoms with Crippen LogP contribution in [0.5, 0.6) is 0 Å². The number of anilines is 1. The van der Waals surface area contributed by atoms with E-state index in [-0.39, 0.29) is 11.3 Å². The summed E-state index contributed by atoms with van der Waals surface area (Å²) < 4.78 is 5.20. The largest absolute Gasteiger partial charge is 0.449 e. The lowest BCUT2D eigenvalue weighted by Crippen LogP contribution is -2.35. The first kappa shape index (κ1) is 20.3. The van der Waals surface area contributed by atoms with Crippen LogP contribution in [0.4, 0.5) is 11.4 Å². The molecule has 2 aromatic rings. The molecule has 0 spiro atoms. The van der Waals surface area contributed by atoms with Crippen LogP contribution < -0.4 is 10.2 Å². The minimum absolute atomic E-state index is 0.0438. The Kier molecular flexibility index (Phi) is 6.43. The van der Waals surface area contributed by atoms with Gasteiger partial charge in [0.2, 0.25) is 0 Å². The van der Waals surface area contributed by atoms with E-state index < -0.39 is 22.9 Å². The summed E-state index contributed by atoms with van der Waals surface area (Å²) in [6.07, 6.45) is 0.941. The lowest BCUT2D eigenvalue weighted by atomic mass is 10.1. The molecule has 152 valence electrons. The van der Waals surface area contributed by atoms with E-state index in [1.54, 1.807) is 6.07 Å². The van der Waals surface area contributed by atoms with Gasteiger partial charge in [0.25, 0.3) is 11.6 Å². The van der Waals surface area contributed by atoms with Crippen LogP contribution in [0.2, 0.25) is 0 Å². The quantitative estimate of drug-likeness (QED) is 0.438. The fraction of sp³-hybridized carbons (Fsp3) is 0.333. The minimum atomic E-state index is -1.02.